The highest BCUT2D eigenvalue weighted by Crippen LogP contribution is 2.06. The Morgan fingerprint density at radius 1 is 1.18 bits per heavy atom. The van der Waals surface area contributed by atoms with Gasteiger partial charge >= 0.3 is 0 Å². The SMILES string of the molecule is CC(C)S(=O)(=O)NCc1ccc(CCN)cc1. The van der Waals surface area contributed by atoms with Crippen LogP contribution in [0.25, 0.3) is 0 Å². The molecule has 0 saturated heterocycles. The molecular formula is C12H20N2O2S. The molecule has 0 aliphatic rings. The van der Waals surface area contributed by atoms with Crippen LogP contribution < -0.4 is 10.5 Å². The normalized spacial score (nSPS) is 12.0. The van der Waals surface area contributed by atoms with Crippen molar-refractivity contribution >= 4 is 10.0 Å². The molecule has 4 nitrogen and oxygen atoms in total. The van der Waals surface area contributed by atoms with Gasteiger partial charge in [0.05, 0.1) is 5.25 Å². The molecule has 0 bridgehead atoms. The van der Waals surface area contributed by atoms with Crippen LogP contribution in [0.4, 0.5) is 0 Å². The summed E-state index contributed by atoms with van der Waals surface area (Å²) in [5, 5.41) is -0.404. The summed E-state index contributed by atoms with van der Waals surface area (Å²) in [5.74, 6) is 0. The second-order valence-corrected chi connectivity index (χ2v) is 6.59. The summed E-state index contributed by atoms with van der Waals surface area (Å²) in [6.45, 7) is 4.28. The highest BCUT2D eigenvalue weighted by atomic mass is 32.2. The average Bonchev–Trinajstić information content (AvgIpc) is 2.28. The zero-order valence-corrected chi connectivity index (χ0v) is 11.1. The number of benzene rings is 1. The summed E-state index contributed by atoms with van der Waals surface area (Å²) in [5.41, 5.74) is 7.58. The van der Waals surface area contributed by atoms with E-state index < -0.39 is 15.3 Å². The molecule has 3 N–H and O–H groups in total. The lowest BCUT2D eigenvalue weighted by molar-refractivity contribution is 0.572. The molecule has 0 amide bonds. The van der Waals surface area contributed by atoms with Crippen LogP contribution in [0.3, 0.4) is 0 Å². The largest absolute Gasteiger partial charge is 0.330 e. The van der Waals surface area contributed by atoms with Gasteiger partial charge in [-0.25, -0.2) is 13.1 Å². The van der Waals surface area contributed by atoms with Crippen molar-refractivity contribution in [1.29, 1.82) is 0 Å². The molecule has 0 aliphatic heterocycles. The van der Waals surface area contributed by atoms with E-state index in [1.165, 1.54) is 5.56 Å². The molecule has 17 heavy (non-hydrogen) atoms. The zero-order chi connectivity index (χ0) is 12.9. The lowest BCUT2D eigenvalue weighted by Crippen LogP contribution is -2.30. The van der Waals surface area contributed by atoms with Gasteiger partial charge in [-0.05, 0) is 37.9 Å². The maximum absolute atomic E-state index is 11.5. The Kier molecular flexibility index (Phi) is 5.11. The Hall–Kier alpha value is -0.910. The number of sulfonamides is 1. The summed E-state index contributed by atoms with van der Waals surface area (Å²) in [6.07, 6.45) is 0.845. The van der Waals surface area contributed by atoms with Crippen LogP contribution >= 0.6 is 0 Å². The van der Waals surface area contributed by atoms with E-state index in [0.717, 1.165) is 12.0 Å². The Balaban J connectivity index is 2.59. The first kappa shape index (κ1) is 14.2. The maximum atomic E-state index is 11.5. The van der Waals surface area contributed by atoms with Crippen molar-refractivity contribution in [2.45, 2.75) is 32.1 Å². The van der Waals surface area contributed by atoms with Gasteiger partial charge in [-0.15, -0.1) is 0 Å². The van der Waals surface area contributed by atoms with E-state index in [-0.39, 0.29) is 0 Å². The first-order chi connectivity index (χ1) is 7.95. The van der Waals surface area contributed by atoms with E-state index in [1.54, 1.807) is 13.8 Å². The summed E-state index contributed by atoms with van der Waals surface area (Å²) in [4.78, 5) is 0. The molecule has 0 aliphatic carbocycles. The van der Waals surface area contributed by atoms with Crippen molar-refractivity contribution in [3.63, 3.8) is 0 Å². The molecule has 0 heterocycles. The third-order valence-electron chi connectivity index (χ3n) is 2.55. The van der Waals surface area contributed by atoms with Crippen molar-refractivity contribution in [3.8, 4) is 0 Å². The van der Waals surface area contributed by atoms with E-state index in [9.17, 15) is 8.42 Å². The molecule has 0 atom stereocenters. The number of nitrogens with two attached hydrogens (primary N) is 1. The van der Waals surface area contributed by atoms with Crippen molar-refractivity contribution < 1.29 is 8.42 Å². The van der Waals surface area contributed by atoms with Gasteiger partial charge in [0.15, 0.2) is 0 Å². The molecule has 0 saturated carbocycles. The van der Waals surface area contributed by atoms with Crippen molar-refractivity contribution in [1.82, 2.24) is 4.72 Å². The minimum Gasteiger partial charge on any atom is -0.330 e. The predicted molar refractivity (Wildman–Crippen MR) is 70.1 cm³/mol. The van der Waals surface area contributed by atoms with Gasteiger partial charge < -0.3 is 5.73 Å². The van der Waals surface area contributed by atoms with E-state index in [1.807, 2.05) is 24.3 Å². The van der Waals surface area contributed by atoms with E-state index in [4.69, 9.17) is 5.73 Å². The van der Waals surface area contributed by atoms with E-state index in [0.29, 0.717) is 13.1 Å². The molecule has 0 unspecified atom stereocenters. The van der Waals surface area contributed by atoms with Crippen LogP contribution in [0.1, 0.15) is 25.0 Å². The van der Waals surface area contributed by atoms with Gasteiger partial charge in [0.25, 0.3) is 0 Å². The molecular weight excluding hydrogens is 236 g/mol. The highest BCUT2D eigenvalue weighted by molar-refractivity contribution is 7.90. The van der Waals surface area contributed by atoms with Gasteiger partial charge in [-0.3, -0.25) is 0 Å². The molecule has 0 aromatic heterocycles. The monoisotopic (exact) mass is 256 g/mol. The molecule has 5 heteroatoms. The molecule has 1 aromatic rings. The Labute approximate surface area is 103 Å². The Bertz CT molecular complexity index is 438. The lowest BCUT2D eigenvalue weighted by atomic mass is 10.1. The minimum atomic E-state index is -3.19. The minimum absolute atomic E-state index is 0.337. The van der Waals surface area contributed by atoms with Crippen LogP contribution in [-0.4, -0.2) is 20.2 Å². The van der Waals surface area contributed by atoms with Crippen LogP contribution in [0.2, 0.25) is 0 Å². The van der Waals surface area contributed by atoms with Crippen molar-refractivity contribution in [3.05, 3.63) is 35.4 Å². The van der Waals surface area contributed by atoms with Crippen molar-refractivity contribution in [2.24, 2.45) is 5.73 Å². The first-order valence-electron chi connectivity index (χ1n) is 5.72. The van der Waals surface area contributed by atoms with E-state index in [2.05, 4.69) is 4.72 Å². The predicted octanol–water partition coefficient (Wildman–Crippen LogP) is 1.02. The number of hydrogen-bond donors (Lipinski definition) is 2. The molecule has 0 spiro atoms. The third-order valence-corrected chi connectivity index (χ3v) is 4.34. The van der Waals surface area contributed by atoms with E-state index >= 15 is 0 Å². The maximum Gasteiger partial charge on any atom is 0.214 e. The molecule has 96 valence electrons. The quantitative estimate of drug-likeness (QED) is 0.798. The Morgan fingerprint density at radius 3 is 2.18 bits per heavy atom. The fraction of sp³-hybridized carbons (Fsp3) is 0.500. The van der Waals surface area contributed by atoms with Gasteiger partial charge in [0.1, 0.15) is 0 Å². The van der Waals surface area contributed by atoms with Gasteiger partial charge in [0, 0.05) is 6.54 Å². The summed E-state index contributed by atoms with van der Waals surface area (Å²) in [6, 6.07) is 7.80. The van der Waals surface area contributed by atoms with Crippen molar-refractivity contribution in [2.75, 3.05) is 6.54 Å². The van der Waals surface area contributed by atoms with Crippen LogP contribution in [-0.2, 0) is 23.0 Å². The second-order valence-electron chi connectivity index (χ2n) is 4.27. The van der Waals surface area contributed by atoms with Crippen LogP contribution in [0, 0.1) is 0 Å². The second kappa shape index (κ2) is 6.14. The average molecular weight is 256 g/mol. The molecule has 0 radical (unpaired) electrons. The summed E-state index contributed by atoms with van der Waals surface area (Å²) < 4.78 is 25.7. The van der Waals surface area contributed by atoms with Crippen LogP contribution in [0.15, 0.2) is 24.3 Å². The fourth-order valence-electron chi connectivity index (χ4n) is 1.34. The number of hydrogen-bond acceptors (Lipinski definition) is 3. The molecule has 1 aromatic carbocycles. The summed E-state index contributed by atoms with van der Waals surface area (Å²) in [7, 11) is -3.19. The lowest BCUT2D eigenvalue weighted by Gasteiger charge is -2.09. The topological polar surface area (TPSA) is 72.2 Å². The first-order valence-corrected chi connectivity index (χ1v) is 7.26. The zero-order valence-electron chi connectivity index (χ0n) is 10.3. The number of nitrogens with one attached hydrogen (secondary N) is 1. The fourth-order valence-corrected chi connectivity index (χ4v) is 2.04. The highest BCUT2D eigenvalue weighted by Gasteiger charge is 2.14. The molecule has 1 rings (SSSR count). The van der Waals surface area contributed by atoms with Gasteiger partial charge in [0.2, 0.25) is 10.0 Å². The standard InChI is InChI=1S/C12H20N2O2S/c1-10(2)17(15,16)14-9-12-5-3-11(4-6-12)7-8-13/h3-6,10,14H,7-9,13H2,1-2H3. The van der Waals surface area contributed by atoms with Crippen LogP contribution in [0.5, 0.6) is 0 Å². The summed E-state index contributed by atoms with van der Waals surface area (Å²) >= 11 is 0. The Morgan fingerprint density at radius 2 is 1.71 bits per heavy atom. The smallest absolute Gasteiger partial charge is 0.214 e. The third kappa shape index (κ3) is 4.46. The molecule has 0 fully saturated rings. The van der Waals surface area contributed by atoms with Gasteiger partial charge in [-0.1, -0.05) is 24.3 Å². The van der Waals surface area contributed by atoms with Gasteiger partial charge in [-0.2, -0.15) is 0 Å². The number of rotatable bonds is 6.